The van der Waals surface area contributed by atoms with E-state index >= 15 is 0 Å². The van der Waals surface area contributed by atoms with Crippen LogP contribution < -0.4 is 5.32 Å². The first-order valence-electron chi connectivity index (χ1n) is 10.2. The molecule has 1 aliphatic rings. The molecule has 1 fully saturated rings. The molecule has 0 bridgehead atoms. The Hall–Kier alpha value is -2.78. The lowest BCUT2D eigenvalue weighted by molar-refractivity contribution is -0.136. The highest BCUT2D eigenvalue weighted by molar-refractivity contribution is 6.44. The largest absolute Gasteiger partial charge is 0.450 e. The van der Waals surface area contributed by atoms with Crippen LogP contribution >= 0.6 is 23.2 Å². The number of halogens is 2. The van der Waals surface area contributed by atoms with E-state index in [1.807, 2.05) is 0 Å². The van der Waals surface area contributed by atoms with Gasteiger partial charge in [0.2, 0.25) is 5.91 Å². The van der Waals surface area contributed by atoms with Crippen LogP contribution in [0.2, 0.25) is 10.0 Å². The molecular formula is C21H25Cl2N5O4. The second kappa shape index (κ2) is 10.2. The second-order valence-electron chi connectivity index (χ2n) is 7.35. The second-order valence-corrected chi connectivity index (χ2v) is 8.14. The van der Waals surface area contributed by atoms with Gasteiger partial charge in [-0.2, -0.15) is 5.10 Å². The Bertz CT molecular complexity index is 1020. The maximum absolute atomic E-state index is 13.0. The molecule has 9 nitrogen and oxygen atoms in total. The van der Waals surface area contributed by atoms with E-state index < -0.39 is 11.9 Å². The van der Waals surface area contributed by atoms with E-state index in [9.17, 15) is 14.4 Å². The summed E-state index contributed by atoms with van der Waals surface area (Å²) in [5, 5.41) is 7.62. The number of nitrogens with zero attached hydrogens (tertiary/aromatic N) is 4. The van der Waals surface area contributed by atoms with Crippen molar-refractivity contribution < 1.29 is 19.1 Å². The third-order valence-corrected chi connectivity index (χ3v) is 6.05. The summed E-state index contributed by atoms with van der Waals surface area (Å²) >= 11 is 12.1. The summed E-state index contributed by atoms with van der Waals surface area (Å²) in [7, 11) is 0. The summed E-state index contributed by atoms with van der Waals surface area (Å²) in [6.07, 6.45) is 1.25. The van der Waals surface area contributed by atoms with Gasteiger partial charge in [0.15, 0.2) is 0 Å². The maximum Gasteiger partial charge on any atom is 0.409 e. The number of amides is 3. The molecule has 0 saturated carbocycles. The third-order valence-electron chi connectivity index (χ3n) is 5.23. The van der Waals surface area contributed by atoms with Crippen molar-refractivity contribution in [1.29, 1.82) is 0 Å². The molecule has 1 unspecified atom stereocenters. The van der Waals surface area contributed by atoms with Gasteiger partial charge in [-0.3, -0.25) is 14.3 Å². The molecule has 1 aromatic carbocycles. The first-order chi connectivity index (χ1) is 15.2. The van der Waals surface area contributed by atoms with Crippen LogP contribution in [0.15, 0.2) is 24.4 Å². The molecule has 3 rings (SSSR count). The molecule has 3 amide bonds. The summed E-state index contributed by atoms with van der Waals surface area (Å²) in [4.78, 5) is 40.7. The number of hydrogen-bond donors (Lipinski definition) is 1. The summed E-state index contributed by atoms with van der Waals surface area (Å²) in [5.74, 6) is -0.541. The van der Waals surface area contributed by atoms with Crippen LogP contribution in [0, 0.1) is 6.92 Å². The average Bonchev–Trinajstić information content (AvgIpc) is 3.14. The Kier molecular flexibility index (Phi) is 7.63. The number of carbonyl (C=O) groups excluding carboxylic acids is 3. The fraction of sp³-hybridized carbons (Fsp3) is 0.429. The van der Waals surface area contributed by atoms with Crippen LogP contribution in [-0.4, -0.2) is 70.3 Å². The normalized spacial score (nSPS) is 14.8. The topological polar surface area (TPSA) is 96.8 Å². The number of aromatic nitrogens is 2. The van der Waals surface area contributed by atoms with E-state index in [-0.39, 0.29) is 27.6 Å². The highest BCUT2D eigenvalue weighted by atomic mass is 35.5. The molecule has 0 aliphatic carbocycles. The fourth-order valence-electron chi connectivity index (χ4n) is 3.37. The summed E-state index contributed by atoms with van der Waals surface area (Å²) < 4.78 is 6.53. The molecule has 172 valence electrons. The lowest BCUT2D eigenvalue weighted by Gasteiger charge is -2.35. The van der Waals surface area contributed by atoms with Gasteiger partial charge in [0.05, 0.1) is 33.6 Å². The number of ether oxygens (including phenoxy) is 1. The van der Waals surface area contributed by atoms with Crippen LogP contribution in [0.1, 0.15) is 35.9 Å². The van der Waals surface area contributed by atoms with Gasteiger partial charge in [0, 0.05) is 32.4 Å². The number of benzene rings is 1. The van der Waals surface area contributed by atoms with E-state index in [1.54, 1.807) is 55.0 Å². The van der Waals surface area contributed by atoms with Gasteiger partial charge in [-0.15, -0.1) is 0 Å². The number of piperazine rings is 1. The number of aryl methyl sites for hydroxylation is 1. The summed E-state index contributed by atoms with van der Waals surface area (Å²) in [6, 6.07) is 4.24. The first-order valence-corrected chi connectivity index (χ1v) is 11.0. The van der Waals surface area contributed by atoms with Crippen molar-refractivity contribution >= 4 is 46.8 Å². The van der Waals surface area contributed by atoms with E-state index in [0.29, 0.717) is 44.2 Å². The zero-order valence-electron chi connectivity index (χ0n) is 18.1. The van der Waals surface area contributed by atoms with Gasteiger partial charge < -0.3 is 19.9 Å². The first kappa shape index (κ1) is 23.9. The molecular weight excluding hydrogens is 457 g/mol. The average molecular weight is 482 g/mol. The number of anilines is 1. The van der Waals surface area contributed by atoms with Crippen molar-refractivity contribution in [1.82, 2.24) is 19.6 Å². The molecule has 1 aliphatic heterocycles. The van der Waals surface area contributed by atoms with Gasteiger partial charge in [-0.1, -0.05) is 29.3 Å². The van der Waals surface area contributed by atoms with Crippen molar-refractivity contribution in [2.24, 2.45) is 0 Å². The lowest BCUT2D eigenvalue weighted by Crippen LogP contribution is -2.52. The lowest BCUT2D eigenvalue weighted by atomic mass is 10.2. The molecule has 2 heterocycles. The highest BCUT2D eigenvalue weighted by Gasteiger charge is 2.29. The van der Waals surface area contributed by atoms with Crippen molar-refractivity contribution in [3.63, 3.8) is 0 Å². The number of rotatable bonds is 5. The highest BCUT2D eigenvalue weighted by Crippen LogP contribution is 2.27. The molecule has 1 saturated heterocycles. The third kappa shape index (κ3) is 5.16. The Labute approximate surface area is 196 Å². The van der Waals surface area contributed by atoms with E-state index in [4.69, 9.17) is 27.9 Å². The van der Waals surface area contributed by atoms with Crippen molar-refractivity contribution in [3.05, 3.63) is 45.7 Å². The Morgan fingerprint density at radius 1 is 1.16 bits per heavy atom. The van der Waals surface area contributed by atoms with Crippen molar-refractivity contribution in [3.8, 4) is 0 Å². The molecule has 11 heteroatoms. The Balaban J connectivity index is 1.65. The molecule has 1 atom stereocenters. The minimum absolute atomic E-state index is 0.119. The molecule has 32 heavy (non-hydrogen) atoms. The predicted octanol–water partition coefficient (Wildman–Crippen LogP) is 3.61. The monoisotopic (exact) mass is 481 g/mol. The number of carbonyl (C=O) groups is 3. The standard InChI is InChI=1S/C21H25Cl2N5O4/c1-4-32-21(31)27-10-8-26(9-11-27)20(30)14(3)28-12-17(13(2)25-28)24-19(29)15-6-5-7-16(22)18(15)23/h5-7,12,14H,4,8-11H2,1-3H3,(H,24,29). The molecule has 1 aromatic heterocycles. The quantitative estimate of drug-likeness (QED) is 0.703. The zero-order valence-corrected chi connectivity index (χ0v) is 19.6. The van der Waals surface area contributed by atoms with Crippen LogP contribution in [-0.2, 0) is 9.53 Å². The van der Waals surface area contributed by atoms with Crippen LogP contribution in [0.4, 0.5) is 10.5 Å². The minimum Gasteiger partial charge on any atom is -0.450 e. The number of nitrogens with one attached hydrogen (secondary N) is 1. The number of hydrogen-bond acceptors (Lipinski definition) is 5. The predicted molar refractivity (Wildman–Crippen MR) is 121 cm³/mol. The molecule has 0 radical (unpaired) electrons. The smallest absolute Gasteiger partial charge is 0.409 e. The van der Waals surface area contributed by atoms with Crippen LogP contribution in [0.3, 0.4) is 0 Å². The van der Waals surface area contributed by atoms with Crippen LogP contribution in [0.25, 0.3) is 0 Å². The van der Waals surface area contributed by atoms with Gasteiger partial charge >= 0.3 is 6.09 Å². The SMILES string of the molecule is CCOC(=O)N1CCN(C(=O)C(C)n2cc(NC(=O)c3cccc(Cl)c3Cl)c(C)n2)CC1. The maximum atomic E-state index is 13.0. The molecule has 1 N–H and O–H groups in total. The fourth-order valence-corrected chi connectivity index (χ4v) is 3.76. The van der Waals surface area contributed by atoms with Gasteiger partial charge in [0.25, 0.3) is 5.91 Å². The van der Waals surface area contributed by atoms with Crippen molar-refractivity contribution in [2.75, 3.05) is 38.1 Å². The van der Waals surface area contributed by atoms with E-state index in [2.05, 4.69) is 10.4 Å². The minimum atomic E-state index is -0.580. The van der Waals surface area contributed by atoms with Crippen molar-refractivity contribution in [2.45, 2.75) is 26.8 Å². The van der Waals surface area contributed by atoms with Gasteiger partial charge in [0.1, 0.15) is 6.04 Å². The zero-order chi connectivity index (χ0) is 23.4. The molecule has 2 aromatic rings. The molecule has 0 spiro atoms. The van der Waals surface area contributed by atoms with Gasteiger partial charge in [-0.25, -0.2) is 4.79 Å². The van der Waals surface area contributed by atoms with E-state index in [0.717, 1.165) is 0 Å². The summed E-state index contributed by atoms with van der Waals surface area (Å²) in [6.45, 7) is 7.21. The Morgan fingerprint density at radius 3 is 2.47 bits per heavy atom. The van der Waals surface area contributed by atoms with Crippen LogP contribution in [0.5, 0.6) is 0 Å². The van der Waals surface area contributed by atoms with E-state index in [1.165, 1.54) is 4.68 Å². The Morgan fingerprint density at radius 2 is 1.81 bits per heavy atom. The summed E-state index contributed by atoms with van der Waals surface area (Å²) in [5.41, 5.74) is 1.27. The van der Waals surface area contributed by atoms with Gasteiger partial charge in [-0.05, 0) is 32.9 Å².